The van der Waals surface area contributed by atoms with Gasteiger partial charge in [0, 0.05) is 30.8 Å². The van der Waals surface area contributed by atoms with Crippen molar-refractivity contribution >= 4 is 22.5 Å². The summed E-state index contributed by atoms with van der Waals surface area (Å²) in [6, 6.07) is -0.194. The monoisotopic (exact) mass is 346 g/mol. The van der Waals surface area contributed by atoms with Gasteiger partial charge in [0.1, 0.15) is 11.6 Å². The minimum atomic E-state index is -0.194. The summed E-state index contributed by atoms with van der Waals surface area (Å²) < 4.78 is 2.16. The molecule has 7 nitrogen and oxygen atoms in total. The molecule has 0 saturated heterocycles. The van der Waals surface area contributed by atoms with E-state index >= 15 is 0 Å². The summed E-state index contributed by atoms with van der Waals surface area (Å²) in [5.41, 5.74) is 1.17. The first-order valence-electron chi connectivity index (χ1n) is 8.74. The fraction of sp³-hybridized carbons (Fsp3) is 0.625. The zero-order valence-corrected chi connectivity index (χ0v) is 14.5. The van der Waals surface area contributed by atoms with Gasteiger partial charge in [-0.2, -0.15) is 0 Å². The molecular weight excluding hydrogens is 324 g/mol. The van der Waals surface area contributed by atoms with E-state index in [2.05, 4.69) is 30.4 Å². The first kappa shape index (κ1) is 15.6. The number of carbonyl (C=O) groups excluding carboxylic acids is 1. The van der Waals surface area contributed by atoms with Gasteiger partial charge in [-0.3, -0.25) is 5.32 Å². The highest BCUT2D eigenvalue weighted by molar-refractivity contribution is 7.15. The molecule has 1 aliphatic carbocycles. The highest BCUT2D eigenvalue weighted by Crippen LogP contribution is 2.28. The number of thiazole rings is 1. The van der Waals surface area contributed by atoms with Crippen LogP contribution in [0.4, 0.5) is 9.93 Å². The molecule has 2 amide bonds. The number of rotatable bonds is 4. The van der Waals surface area contributed by atoms with Gasteiger partial charge in [0.2, 0.25) is 0 Å². The lowest BCUT2D eigenvalue weighted by Gasteiger charge is -2.06. The Balaban J connectivity index is 1.27. The third-order valence-corrected chi connectivity index (χ3v) is 5.71. The molecule has 2 aliphatic rings. The molecule has 8 heteroatoms. The van der Waals surface area contributed by atoms with Crippen molar-refractivity contribution in [2.24, 2.45) is 0 Å². The van der Waals surface area contributed by atoms with Gasteiger partial charge in [0.05, 0.1) is 5.69 Å². The molecule has 2 aromatic rings. The van der Waals surface area contributed by atoms with Gasteiger partial charge in [-0.25, -0.2) is 9.78 Å². The average molecular weight is 346 g/mol. The van der Waals surface area contributed by atoms with Crippen LogP contribution in [0.5, 0.6) is 0 Å². The van der Waals surface area contributed by atoms with Crippen LogP contribution < -0.4 is 10.6 Å². The number of amides is 2. The summed E-state index contributed by atoms with van der Waals surface area (Å²) in [6.07, 6.45) is 8.68. The predicted octanol–water partition coefficient (Wildman–Crippen LogP) is 2.31. The van der Waals surface area contributed by atoms with E-state index in [0.29, 0.717) is 18.1 Å². The number of nitrogens with one attached hydrogen (secondary N) is 2. The largest absolute Gasteiger partial charge is 0.337 e. The zero-order valence-electron chi connectivity index (χ0n) is 13.7. The number of fused-ring (bicyclic) bond motifs is 2. The van der Waals surface area contributed by atoms with E-state index in [1.165, 1.54) is 29.8 Å². The van der Waals surface area contributed by atoms with E-state index in [9.17, 15) is 4.79 Å². The summed E-state index contributed by atoms with van der Waals surface area (Å²) in [7, 11) is 0. The first-order valence-corrected chi connectivity index (χ1v) is 9.55. The van der Waals surface area contributed by atoms with Gasteiger partial charge < -0.3 is 9.88 Å². The van der Waals surface area contributed by atoms with Crippen LogP contribution in [0.3, 0.4) is 0 Å². The Morgan fingerprint density at radius 3 is 3.00 bits per heavy atom. The number of hydrogen-bond acceptors (Lipinski definition) is 5. The van der Waals surface area contributed by atoms with Crippen molar-refractivity contribution in [2.75, 3.05) is 11.9 Å². The minimum absolute atomic E-state index is 0.194. The van der Waals surface area contributed by atoms with Gasteiger partial charge in [-0.15, -0.1) is 21.5 Å². The third-order valence-electron chi connectivity index (χ3n) is 4.64. The molecule has 128 valence electrons. The van der Waals surface area contributed by atoms with Crippen molar-refractivity contribution < 1.29 is 4.79 Å². The number of aryl methyl sites for hydroxylation is 3. The lowest BCUT2D eigenvalue weighted by Crippen LogP contribution is -2.30. The first-order chi connectivity index (χ1) is 11.8. The van der Waals surface area contributed by atoms with Gasteiger partial charge in [0.15, 0.2) is 5.13 Å². The van der Waals surface area contributed by atoms with E-state index in [-0.39, 0.29) is 6.03 Å². The maximum Gasteiger partial charge on any atom is 0.321 e. The maximum atomic E-state index is 12.1. The quantitative estimate of drug-likeness (QED) is 0.832. The molecule has 0 atom stereocenters. The molecule has 0 bridgehead atoms. The SMILES string of the molecule is O=C(NCCc1nnc2n1CCC2)Nc1nc2c(s1)CCCCC2. The molecule has 0 aromatic carbocycles. The van der Waals surface area contributed by atoms with Gasteiger partial charge in [-0.05, 0) is 32.1 Å². The second kappa shape index (κ2) is 6.88. The summed E-state index contributed by atoms with van der Waals surface area (Å²) in [5.74, 6) is 2.03. The van der Waals surface area contributed by atoms with Crippen molar-refractivity contribution in [1.82, 2.24) is 25.1 Å². The summed E-state index contributed by atoms with van der Waals surface area (Å²) in [4.78, 5) is 18.0. The van der Waals surface area contributed by atoms with Crippen molar-refractivity contribution in [2.45, 2.75) is 57.9 Å². The van der Waals surface area contributed by atoms with Crippen LogP contribution in [0, 0.1) is 0 Å². The van der Waals surface area contributed by atoms with Crippen LogP contribution >= 0.6 is 11.3 Å². The van der Waals surface area contributed by atoms with Crippen LogP contribution in [-0.4, -0.2) is 32.3 Å². The smallest absolute Gasteiger partial charge is 0.321 e. The van der Waals surface area contributed by atoms with Crippen LogP contribution in [0.2, 0.25) is 0 Å². The Morgan fingerprint density at radius 2 is 2.04 bits per heavy atom. The molecule has 0 radical (unpaired) electrons. The standard InChI is InChI=1S/C16H22N6OS/c23-15(17-9-8-14-21-20-13-7-4-10-22(13)14)19-16-18-11-5-2-1-3-6-12(11)24-16/h1-10H2,(H2,17,18,19,23). The second-order valence-corrected chi connectivity index (χ2v) is 7.45. The highest BCUT2D eigenvalue weighted by atomic mass is 32.1. The highest BCUT2D eigenvalue weighted by Gasteiger charge is 2.18. The number of aromatic nitrogens is 4. The van der Waals surface area contributed by atoms with Crippen LogP contribution in [-0.2, 0) is 32.2 Å². The van der Waals surface area contributed by atoms with Crippen molar-refractivity contribution in [1.29, 1.82) is 0 Å². The van der Waals surface area contributed by atoms with Crippen LogP contribution in [0.1, 0.15) is 47.9 Å². The molecule has 1 aliphatic heterocycles. The Morgan fingerprint density at radius 1 is 1.12 bits per heavy atom. The van der Waals surface area contributed by atoms with Crippen molar-refractivity contribution in [3.8, 4) is 0 Å². The number of anilines is 1. The van der Waals surface area contributed by atoms with Crippen molar-refractivity contribution in [3.05, 3.63) is 22.2 Å². The maximum absolute atomic E-state index is 12.1. The molecule has 0 unspecified atom stereocenters. The number of carbonyl (C=O) groups is 1. The Bertz CT molecular complexity index is 714. The summed E-state index contributed by atoms with van der Waals surface area (Å²) in [6.45, 7) is 1.55. The average Bonchev–Trinajstić information content (AvgIpc) is 3.22. The molecule has 0 fully saturated rings. The lowest BCUT2D eigenvalue weighted by molar-refractivity contribution is 0.252. The second-order valence-electron chi connectivity index (χ2n) is 6.37. The molecule has 0 spiro atoms. The minimum Gasteiger partial charge on any atom is -0.337 e. The Labute approximate surface area is 144 Å². The van der Waals surface area contributed by atoms with Gasteiger partial charge >= 0.3 is 6.03 Å². The molecular formula is C16H22N6OS. The lowest BCUT2D eigenvalue weighted by atomic mass is 10.2. The number of hydrogen-bond donors (Lipinski definition) is 2. The van der Waals surface area contributed by atoms with Crippen LogP contribution in [0.15, 0.2) is 0 Å². The van der Waals surface area contributed by atoms with Crippen LogP contribution in [0.25, 0.3) is 0 Å². The number of urea groups is 1. The fourth-order valence-electron chi connectivity index (χ4n) is 3.41. The topological polar surface area (TPSA) is 84.7 Å². The van der Waals surface area contributed by atoms with E-state index in [1.807, 2.05) is 0 Å². The molecule has 3 heterocycles. The van der Waals surface area contributed by atoms with Gasteiger partial charge in [0.25, 0.3) is 0 Å². The predicted molar refractivity (Wildman–Crippen MR) is 92.4 cm³/mol. The van der Waals surface area contributed by atoms with E-state index in [4.69, 9.17) is 0 Å². The fourth-order valence-corrected chi connectivity index (χ4v) is 4.45. The summed E-state index contributed by atoms with van der Waals surface area (Å²) in [5, 5.41) is 14.9. The number of nitrogens with zero attached hydrogens (tertiary/aromatic N) is 4. The van der Waals surface area contributed by atoms with Gasteiger partial charge in [-0.1, -0.05) is 6.42 Å². The third kappa shape index (κ3) is 3.28. The van der Waals surface area contributed by atoms with Crippen molar-refractivity contribution in [3.63, 3.8) is 0 Å². The Kier molecular flexibility index (Phi) is 4.46. The molecule has 2 N–H and O–H groups in total. The molecule has 2 aromatic heterocycles. The van der Waals surface area contributed by atoms with E-state index in [1.54, 1.807) is 11.3 Å². The van der Waals surface area contributed by atoms with E-state index < -0.39 is 0 Å². The molecule has 0 saturated carbocycles. The van der Waals surface area contributed by atoms with E-state index in [0.717, 1.165) is 43.9 Å². The normalized spacial score (nSPS) is 16.3. The molecule has 24 heavy (non-hydrogen) atoms. The molecule has 4 rings (SSSR count). The zero-order chi connectivity index (χ0) is 16.4. The summed E-state index contributed by atoms with van der Waals surface area (Å²) >= 11 is 1.61. The Hall–Kier alpha value is -1.96.